The number of nitrogens with one attached hydrogen (secondary N) is 1. The predicted molar refractivity (Wildman–Crippen MR) is 61.0 cm³/mol. The van der Waals surface area contributed by atoms with E-state index in [0.717, 1.165) is 12.8 Å². The Labute approximate surface area is 96.4 Å². The first-order valence-electron chi connectivity index (χ1n) is 5.98. The van der Waals surface area contributed by atoms with E-state index in [4.69, 9.17) is 5.11 Å². The van der Waals surface area contributed by atoms with Crippen LogP contribution in [0, 0.1) is 11.3 Å². The number of carbonyl (C=O) groups is 2. The van der Waals surface area contributed by atoms with E-state index in [2.05, 4.69) is 19.2 Å². The van der Waals surface area contributed by atoms with Gasteiger partial charge in [0.15, 0.2) is 0 Å². The van der Waals surface area contributed by atoms with Crippen LogP contribution >= 0.6 is 0 Å². The number of carboxylic acids is 1. The fourth-order valence-electron chi connectivity index (χ4n) is 1.91. The standard InChI is InChI=1S/C12H21NO3/c1-4-8(2)9(3)13-10(14)12(11(15)16)6-5-7-12/h8-9H,4-7H2,1-3H3,(H,13,14)(H,15,16). The van der Waals surface area contributed by atoms with E-state index in [1.54, 1.807) is 0 Å². The van der Waals surface area contributed by atoms with E-state index in [1.165, 1.54) is 0 Å². The monoisotopic (exact) mass is 227 g/mol. The highest BCUT2D eigenvalue weighted by Gasteiger charge is 2.51. The Bertz CT molecular complexity index is 284. The fraction of sp³-hybridized carbons (Fsp3) is 0.833. The van der Waals surface area contributed by atoms with Crippen LogP contribution in [0.5, 0.6) is 0 Å². The van der Waals surface area contributed by atoms with E-state index >= 15 is 0 Å². The second-order valence-corrected chi connectivity index (χ2v) is 4.89. The summed E-state index contributed by atoms with van der Waals surface area (Å²) in [6, 6.07) is 0.0364. The molecule has 0 heterocycles. The molecule has 1 saturated carbocycles. The van der Waals surface area contributed by atoms with Crippen LogP contribution in [0.1, 0.15) is 46.5 Å². The molecule has 0 bridgehead atoms. The molecule has 1 fully saturated rings. The highest BCUT2D eigenvalue weighted by Crippen LogP contribution is 2.41. The fourth-order valence-corrected chi connectivity index (χ4v) is 1.91. The number of rotatable bonds is 5. The zero-order chi connectivity index (χ0) is 12.3. The molecule has 4 heteroatoms. The number of aliphatic carboxylic acids is 1. The largest absolute Gasteiger partial charge is 0.480 e. The molecule has 1 rings (SSSR count). The van der Waals surface area contributed by atoms with Crippen molar-refractivity contribution >= 4 is 11.9 Å². The van der Waals surface area contributed by atoms with Gasteiger partial charge >= 0.3 is 5.97 Å². The van der Waals surface area contributed by atoms with Crippen LogP contribution in [0.2, 0.25) is 0 Å². The summed E-state index contributed by atoms with van der Waals surface area (Å²) in [7, 11) is 0. The number of amides is 1. The molecule has 0 aromatic carbocycles. The van der Waals surface area contributed by atoms with Crippen LogP contribution in [-0.2, 0) is 9.59 Å². The molecule has 0 radical (unpaired) electrons. The van der Waals surface area contributed by atoms with Gasteiger partial charge in [-0.3, -0.25) is 9.59 Å². The molecule has 2 atom stereocenters. The third-order valence-electron chi connectivity index (χ3n) is 3.91. The lowest BCUT2D eigenvalue weighted by Gasteiger charge is -2.37. The highest BCUT2D eigenvalue weighted by molar-refractivity contribution is 6.02. The summed E-state index contributed by atoms with van der Waals surface area (Å²) < 4.78 is 0. The summed E-state index contributed by atoms with van der Waals surface area (Å²) >= 11 is 0. The first-order chi connectivity index (χ1) is 7.44. The number of carbonyl (C=O) groups excluding carboxylic acids is 1. The molecular formula is C12H21NO3. The van der Waals surface area contributed by atoms with Crippen molar-refractivity contribution < 1.29 is 14.7 Å². The lowest BCUT2D eigenvalue weighted by Crippen LogP contribution is -2.53. The number of carboxylic acid groups (broad SMARTS) is 1. The van der Waals surface area contributed by atoms with Gasteiger partial charge in [-0.2, -0.15) is 0 Å². The summed E-state index contributed by atoms with van der Waals surface area (Å²) in [5.74, 6) is -0.915. The van der Waals surface area contributed by atoms with E-state index in [-0.39, 0.29) is 11.9 Å². The van der Waals surface area contributed by atoms with Crippen LogP contribution in [0.3, 0.4) is 0 Å². The van der Waals surface area contributed by atoms with Crippen molar-refractivity contribution in [2.75, 3.05) is 0 Å². The molecule has 4 nitrogen and oxygen atoms in total. The summed E-state index contributed by atoms with van der Waals surface area (Å²) in [4.78, 5) is 23.0. The van der Waals surface area contributed by atoms with Gasteiger partial charge in [-0.25, -0.2) is 0 Å². The third kappa shape index (κ3) is 2.20. The smallest absolute Gasteiger partial charge is 0.319 e. The first kappa shape index (κ1) is 13.0. The van der Waals surface area contributed by atoms with Gasteiger partial charge in [-0.15, -0.1) is 0 Å². The van der Waals surface area contributed by atoms with Crippen molar-refractivity contribution in [2.45, 2.75) is 52.5 Å². The minimum absolute atomic E-state index is 0.0364. The zero-order valence-electron chi connectivity index (χ0n) is 10.2. The zero-order valence-corrected chi connectivity index (χ0v) is 10.2. The Kier molecular flexibility index (Phi) is 3.94. The van der Waals surface area contributed by atoms with Crippen molar-refractivity contribution in [3.05, 3.63) is 0 Å². The lowest BCUT2D eigenvalue weighted by atomic mass is 9.68. The number of hydrogen-bond acceptors (Lipinski definition) is 2. The van der Waals surface area contributed by atoms with Gasteiger partial charge in [0.05, 0.1) is 0 Å². The van der Waals surface area contributed by atoms with E-state index in [0.29, 0.717) is 18.8 Å². The molecule has 1 aliphatic carbocycles. The predicted octanol–water partition coefficient (Wildman–Crippen LogP) is 1.79. The normalized spacial score (nSPS) is 21.7. The second-order valence-electron chi connectivity index (χ2n) is 4.89. The van der Waals surface area contributed by atoms with Crippen molar-refractivity contribution in [1.29, 1.82) is 0 Å². The van der Waals surface area contributed by atoms with E-state index in [1.807, 2.05) is 6.92 Å². The Morgan fingerprint density at radius 3 is 2.25 bits per heavy atom. The maximum Gasteiger partial charge on any atom is 0.319 e. The maximum absolute atomic E-state index is 11.9. The molecule has 0 saturated heterocycles. The van der Waals surface area contributed by atoms with Gasteiger partial charge in [0.25, 0.3) is 0 Å². The van der Waals surface area contributed by atoms with Crippen molar-refractivity contribution in [3.63, 3.8) is 0 Å². The Balaban J connectivity index is 2.61. The van der Waals surface area contributed by atoms with Gasteiger partial charge in [0.1, 0.15) is 5.41 Å². The molecule has 1 aliphatic rings. The Hall–Kier alpha value is -1.06. The molecule has 16 heavy (non-hydrogen) atoms. The molecule has 2 N–H and O–H groups in total. The molecular weight excluding hydrogens is 206 g/mol. The summed E-state index contributed by atoms with van der Waals surface area (Å²) in [5, 5.41) is 11.9. The molecule has 2 unspecified atom stereocenters. The van der Waals surface area contributed by atoms with Crippen LogP contribution in [0.4, 0.5) is 0 Å². The van der Waals surface area contributed by atoms with Crippen LogP contribution in [0.15, 0.2) is 0 Å². The SMILES string of the molecule is CCC(C)C(C)NC(=O)C1(C(=O)O)CCC1. The van der Waals surface area contributed by atoms with E-state index in [9.17, 15) is 9.59 Å². The molecule has 0 aliphatic heterocycles. The van der Waals surface area contributed by atoms with Crippen molar-refractivity contribution in [1.82, 2.24) is 5.32 Å². The highest BCUT2D eigenvalue weighted by atomic mass is 16.4. The quantitative estimate of drug-likeness (QED) is 0.704. The molecule has 0 aromatic heterocycles. The third-order valence-corrected chi connectivity index (χ3v) is 3.91. The van der Waals surface area contributed by atoms with Crippen LogP contribution in [0.25, 0.3) is 0 Å². The molecule has 92 valence electrons. The molecule has 0 spiro atoms. The maximum atomic E-state index is 11.9. The van der Waals surface area contributed by atoms with Gasteiger partial charge in [-0.05, 0) is 25.7 Å². The van der Waals surface area contributed by atoms with Crippen molar-refractivity contribution in [3.8, 4) is 0 Å². The topological polar surface area (TPSA) is 66.4 Å². The lowest BCUT2D eigenvalue weighted by molar-refractivity contribution is -0.162. The first-order valence-corrected chi connectivity index (χ1v) is 5.98. The Morgan fingerprint density at radius 1 is 1.38 bits per heavy atom. The Morgan fingerprint density at radius 2 is 1.94 bits per heavy atom. The van der Waals surface area contributed by atoms with Crippen LogP contribution < -0.4 is 5.32 Å². The van der Waals surface area contributed by atoms with Gasteiger partial charge < -0.3 is 10.4 Å². The van der Waals surface area contributed by atoms with Gasteiger partial charge in [0, 0.05) is 6.04 Å². The molecule has 1 amide bonds. The average Bonchev–Trinajstić information content (AvgIpc) is 2.13. The minimum Gasteiger partial charge on any atom is -0.480 e. The van der Waals surface area contributed by atoms with Crippen LogP contribution in [-0.4, -0.2) is 23.0 Å². The summed E-state index contributed by atoms with van der Waals surface area (Å²) in [6.07, 6.45) is 2.75. The summed E-state index contributed by atoms with van der Waals surface area (Å²) in [5.41, 5.74) is -1.14. The van der Waals surface area contributed by atoms with Crippen molar-refractivity contribution in [2.24, 2.45) is 11.3 Å². The average molecular weight is 227 g/mol. The number of hydrogen-bond donors (Lipinski definition) is 2. The molecule has 0 aromatic rings. The van der Waals surface area contributed by atoms with Gasteiger partial charge in [-0.1, -0.05) is 26.7 Å². The summed E-state index contributed by atoms with van der Waals surface area (Å²) in [6.45, 7) is 6.04. The van der Waals surface area contributed by atoms with Gasteiger partial charge in [0.2, 0.25) is 5.91 Å². The second kappa shape index (κ2) is 4.85. The minimum atomic E-state index is -1.14. The van der Waals surface area contributed by atoms with E-state index < -0.39 is 11.4 Å².